The molecule has 7 heteroatoms. The topological polar surface area (TPSA) is 69.4 Å². The second kappa shape index (κ2) is 7.44. The first-order valence-electron chi connectivity index (χ1n) is 9.09. The maximum atomic E-state index is 4.82. The third-order valence-electron chi connectivity index (χ3n) is 4.54. The van der Waals surface area contributed by atoms with Crippen molar-refractivity contribution >= 4 is 22.7 Å². The predicted octanol–water partition coefficient (Wildman–Crippen LogP) is 4.64. The highest BCUT2D eigenvalue weighted by atomic mass is 32.2. The average molecular weight is 396 g/mol. The summed E-state index contributed by atoms with van der Waals surface area (Å²) in [5.41, 5.74) is 2.79. The zero-order chi connectivity index (χ0) is 19.6. The van der Waals surface area contributed by atoms with E-state index in [2.05, 4.69) is 15.2 Å². The summed E-state index contributed by atoms with van der Waals surface area (Å²) >= 11 is 1.49. The van der Waals surface area contributed by atoms with Crippen molar-refractivity contribution in [2.24, 2.45) is 7.05 Å². The van der Waals surface area contributed by atoms with Gasteiger partial charge in [-0.15, -0.1) is 10.2 Å². The van der Waals surface area contributed by atoms with E-state index >= 15 is 0 Å². The van der Waals surface area contributed by atoms with Crippen molar-refractivity contribution in [2.45, 2.75) is 10.2 Å². The third kappa shape index (κ3) is 3.36. The van der Waals surface area contributed by atoms with Crippen molar-refractivity contribution in [3.63, 3.8) is 0 Å². The molecule has 140 valence electrons. The molecule has 29 heavy (non-hydrogen) atoms. The quantitative estimate of drug-likeness (QED) is 0.412. The summed E-state index contributed by atoms with van der Waals surface area (Å²) in [5, 5.41) is 11.4. The van der Waals surface area contributed by atoms with Crippen molar-refractivity contribution in [1.29, 1.82) is 0 Å². The molecule has 0 fully saturated rings. The van der Waals surface area contributed by atoms with E-state index in [0.29, 0.717) is 5.82 Å². The molecule has 0 N–H and O–H groups in total. The van der Waals surface area contributed by atoms with E-state index in [9.17, 15) is 0 Å². The molecular formula is C22H16N6S. The molecule has 3 heterocycles. The Kier molecular flexibility index (Phi) is 4.50. The van der Waals surface area contributed by atoms with Gasteiger partial charge in [0, 0.05) is 36.0 Å². The number of benzene rings is 2. The van der Waals surface area contributed by atoms with E-state index < -0.39 is 0 Å². The number of hydrogen-bond acceptors (Lipinski definition) is 6. The SMILES string of the molecule is Cn1c(Sc2nc(-c3cccnc3)nc3ccccc23)nnc1-c1ccccc1. The largest absolute Gasteiger partial charge is 0.305 e. The van der Waals surface area contributed by atoms with Crippen molar-refractivity contribution in [3.8, 4) is 22.8 Å². The van der Waals surface area contributed by atoms with Crippen molar-refractivity contribution in [2.75, 3.05) is 0 Å². The van der Waals surface area contributed by atoms with E-state index in [1.807, 2.05) is 78.3 Å². The zero-order valence-corrected chi connectivity index (χ0v) is 16.4. The van der Waals surface area contributed by atoms with E-state index in [-0.39, 0.29) is 0 Å². The second-order valence-corrected chi connectivity index (χ2v) is 7.40. The van der Waals surface area contributed by atoms with Crippen LogP contribution in [0.5, 0.6) is 0 Å². The number of pyridine rings is 1. The first-order chi connectivity index (χ1) is 14.3. The van der Waals surface area contributed by atoms with Crippen LogP contribution in [0, 0.1) is 0 Å². The monoisotopic (exact) mass is 396 g/mol. The molecule has 0 aliphatic carbocycles. The fraction of sp³-hybridized carbons (Fsp3) is 0.0455. The van der Waals surface area contributed by atoms with Crippen LogP contribution in [-0.2, 0) is 7.05 Å². The van der Waals surface area contributed by atoms with Crippen LogP contribution in [0.3, 0.4) is 0 Å². The molecule has 0 aliphatic rings. The first-order valence-corrected chi connectivity index (χ1v) is 9.91. The molecule has 0 radical (unpaired) electrons. The number of hydrogen-bond donors (Lipinski definition) is 0. The molecule has 0 spiro atoms. The summed E-state index contributed by atoms with van der Waals surface area (Å²) in [7, 11) is 1.97. The lowest BCUT2D eigenvalue weighted by Crippen LogP contribution is -1.97. The van der Waals surface area contributed by atoms with Crippen molar-refractivity contribution in [3.05, 3.63) is 79.1 Å². The number of para-hydroxylation sites is 1. The summed E-state index contributed by atoms with van der Waals surface area (Å²) in [6, 6.07) is 21.9. The highest BCUT2D eigenvalue weighted by Crippen LogP contribution is 2.33. The Hall–Kier alpha value is -3.58. The van der Waals surface area contributed by atoms with Crippen LogP contribution in [-0.4, -0.2) is 29.7 Å². The van der Waals surface area contributed by atoms with E-state index in [4.69, 9.17) is 9.97 Å². The lowest BCUT2D eigenvalue weighted by atomic mass is 10.2. The van der Waals surface area contributed by atoms with Crippen LogP contribution in [0.15, 0.2) is 89.3 Å². The van der Waals surface area contributed by atoms with Gasteiger partial charge in [-0.3, -0.25) is 4.98 Å². The molecule has 0 bridgehead atoms. The highest BCUT2D eigenvalue weighted by Gasteiger charge is 2.16. The number of fused-ring (bicyclic) bond motifs is 1. The molecule has 6 nitrogen and oxygen atoms in total. The minimum absolute atomic E-state index is 0.643. The fourth-order valence-corrected chi connectivity index (χ4v) is 3.97. The fourth-order valence-electron chi connectivity index (χ4n) is 3.08. The van der Waals surface area contributed by atoms with Gasteiger partial charge in [-0.1, -0.05) is 48.5 Å². The highest BCUT2D eigenvalue weighted by molar-refractivity contribution is 7.99. The number of nitrogens with zero attached hydrogens (tertiary/aromatic N) is 6. The van der Waals surface area contributed by atoms with Crippen LogP contribution in [0.2, 0.25) is 0 Å². The molecule has 0 atom stereocenters. The Morgan fingerprint density at radius 3 is 2.41 bits per heavy atom. The van der Waals surface area contributed by atoms with Gasteiger partial charge in [0.05, 0.1) is 5.52 Å². The van der Waals surface area contributed by atoms with Gasteiger partial charge < -0.3 is 4.57 Å². The minimum atomic E-state index is 0.643. The normalized spacial score (nSPS) is 11.1. The van der Waals surface area contributed by atoms with Crippen molar-refractivity contribution in [1.82, 2.24) is 29.7 Å². The molecule has 5 aromatic rings. The van der Waals surface area contributed by atoms with Crippen LogP contribution < -0.4 is 0 Å². The molecule has 2 aromatic carbocycles. The smallest absolute Gasteiger partial charge is 0.197 e. The van der Waals surface area contributed by atoms with Gasteiger partial charge in [0.1, 0.15) is 5.03 Å². The number of aromatic nitrogens is 6. The van der Waals surface area contributed by atoms with Gasteiger partial charge in [-0.25, -0.2) is 9.97 Å². The molecule has 5 rings (SSSR count). The van der Waals surface area contributed by atoms with Gasteiger partial charge in [0.25, 0.3) is 0 Å². The molecule has 3 aromatic heterocycles. The molecule has 0 unspecified atom stereocenters. The first kappa shape index (κ1) is 17.5. The van der Waals surface area contributed by atoms with Gasteiger partial charge in [0.2, 0.25) is 0 Å². The third-order valence-corrected chi connectivity index (χ3v) is 5.59. The predicted molar refractivity (Wildman–Crippen MR) is 113 cm³/mol. The molecule has 0 saturated carbocycles. The van der Waals surface area contributed by atoms with Gasteiger partial charge in [-0.2, -0.15) is 0 Å². The summed E-state index contributed by atoms with van der Waals surface area (Å²) in [6.07, 6.45) is 3.51. The Balaban J connectivity index is 1.60. The van der Waals surface area contributed by atoms with Gasteiger partial charge in [0.15, 0.2) is 16.8 Å². The van der Waals surface area contributed by atoms with Crippen LogP contribution in [0.4, 0.5) is 0 Å². The summed E-state index contributed by atoms with van der Waals surface area (Å²) in [5.74, 6) is 1.46. The average Bonchev–Trinajstić information content (AvgIpc) is 3.15. The van der Waals surface area contributed by atoms with E-state index in [0.717, 1.165) is 38.0 Å². The molecule has 0 aliphatic heterocycles. The maximum Gasteiger partial charge on any atom is 0.197 e. The van der Waals surface area contributed by atoms with Gasteiger partial charge in [-0.05, 0) is 30.0 Å². The van der Waals surface area contributed by atoms with Crippen LogP contribution in [0.1, 0.15) is 0 Å². The van der Waals surface area contributed by atoms with Crippen molar-refractivity contribution < 1.29 is 0 Å². The Labute approximate surface area is 171 Å². The van der Waals surface area contributed by atoms with Crippen LogP contribution in [0.25, 0.3) is 33.7 Å². The lowest BCUT2D eigenvalue weighted by Gasteiger charge is -2.08. The van der Waals surface area contributed by atoms with Crippen LogP contribution >= 0.6 is 11.8 Å². The van der Waals surface area contributed by atoms with E-state index in [1.54, 1.807) is 12.4 Å². The standard InChI is InChI=1S/C22H16N6S/c1-28-20(15-8-3-2-4-9-15)26-27-22(28)29-21-17-11-5-6-12-18(17)24-19(25-21)16-10-7-13-23-14-16/h2-14H,1H3. The molecular weight excluding hydrogens is 380 g/mol. The van der Waals surface area contributed by atoms with E-state index in [1.165, 1.54) is 11.8 Å². The summed E-state index contributed by atoms with van der Waals surface area (Å²) < 4.78 is 1.99. The lowest BCUT2D eigenvalue weighted by molar-refractivity contribution is 0.793. The van der Waals surface area contributed by atoms with Gasteiger partial charge >= 0.3 is 0 Å². The Bertz CT molecular complexity index is 1280. The summed E-state index contributed by atoms with van der Waals surface area (Å²) in [4.78, 5) is 13.7. The Morgan fingerprint density at radius 2 is 1.59 bits per heavy atom. The maximum absolute atomic E-state index is 4.82. The number of rotatable bonds is 4. The zero-order valence-electron chi connectivity index (χ0n) is 15.6. The molecule has 0 amide bonds. The molecule has 0 saturated heterocycles. The minimum Gasteiger partial charge on any atom is -0.305 e. The second-order valence-electron chi connectivity index (χ2n) is 6.44. The Morgan fingerprint density at radius 1 is 0.793 bits per heavy atom. The summed E-state index contributed by atoms with van der Waals surface area (Å²) in [6.45, 7) is 0.